The van der Waals surface area contributed by atoms with Gasteiger partial charge in [0, 0.05) is 33.7 Å². The number of phenols is 1. The highest BCUT2D eigenvalue weighted by molar-refractivity contribution is 5.98. The molecule has 324 valence electrons. The van der Waals surface area contributed by atoms with Gasteiger partial charge in [-0.2, -0.15) is 0 Å². The molecule has 4 nitrogen and oxygen atoms in total. The van der Waals surface area contributed by atoms with Crippen LogP contribution in [0.2, 0.25) is 0 Å². The number of aromatic hydroxyl groups is 1. The maximum atomic E-state index is 11.5. The Balaban J connectivity index is 1.31. The van der Waals surface area contributed by atoms with Gasteiger partial charge in [0.1, 0.15) is 11.6 Å². The van der Waals surface area contributed by atoms with E-state index in [4.69, 9.17) is 26.9 Å². The van der Waals surface area contributed by atoms with E-state index in [0.29, 0.717) is 38.9 Å². The molecule has 0 radical (unpaired) electrons. The summed E-state index contributed by atoms with van der Waals surface area (Å²) in [4.78, 5) is 9.59. The van der Waals surface area contributed by atoms with E-state index in [1.165, 1.54) is 6.07 Å². The van der Waals surface area contributed by atoms with Gasteiger partial charge < -0.3 is 5.11 Å². The van der Waals surface area contributed by atoms with Crippen molar-refractivity contribution in [3.63, 3.8) is 0 Å². The Kier molecular flexibility index (Phi) is 6.61. The lowest BCUT2D eigenvalue weighted by Gasteiger charge is -2.26. The molecule has 2 heterocycles. The molecule has 9 aromatic rings. The van der Waals surface area contributed by atoms with E-state index in [2.05, 4.69) is 64.7 Å². The number of hydrogen-bond acceptors (Lipinski definition) is 3. The quantitative estimate of drug-likeness (QED) is 0.174. The summed E-state index contributed by atoms with van der Waals surface area (Å²) in [5.41, 5.74) is -0.317. The molecule has 0 unspecified atom stereocenters. The standard InChI is InChI=1S/C61H59N3O/c1-39-31-42(45-35-49(60(5,6)7)38-50(36-45)61(8,9)10)25-28-54(39)64-55-21-16-20-51(57(55)63-58(64)52-19-14-15-22-56(52)65)46-32-44(40-17-12-11-13-18-40)33-47(34-46)53-37-43(29-30-62-53)41-23-26-48(27-24-41)59(2,3)4/h11-38,65H,1-10H3/i1D3,2D3,3D3,4D3,23D,24D,26D,27D,29D,30D,37D. The number of benzene rings is 7. The molecule has 0 amide bonds. The van der Waals surface area contributed by atoms with Crippen LogP contribution in [0.3, 0.4) is 0 Å². The lowest BCUT2D eigenvalue weighted by atomic mass is 9.79. The van der Waals surface area contributed by atoms with Crippen LogP contribution in [0, 0.1) is 6.85 Å². The second kappa shape index (κ2) is 16.5. The van der Waals surface area contributed by atoms with Crippen LogP contribution in [0.1, 0.15) is 110 Å². The minimum absolute atomic E-state index is 0.00430. The van der Waals surface area contributed by atoms with Gasteiger partial charge in [0.15, 0.2) is 0 Å². The number of rotatable bonds is 7. The summed E-state index contributed by atoms with van der Waals surface area (Å²) in [6.07, 6.45) is -0.786. The highest BCUT2D eigenvalue weighted by atomic mass is 16.3. The van der Waals surface area contributed by atoms with Crippen molar-refractivity contribution in [3.8, 4) is 78.6 Å². The predicted molar refractivity (Wildman–Crippen MR) is 274 cm³/mol. The number of pyridine rings is 1. The summed E-state index contributed by atoms with van der Waals surface area (Å²) in [5, 5.41) is 11.5. The number of para-hydroxylation sites is 2. The van der Waals surface area contributed by atoms with Crippen LogP contribution >= 0.6 is 0 Å². The number of hydrogen-bond donors (Lipinski definition) is 1. The lowest BCUT2D eigenvalue weighted by molar-refractivity contribution is 0.477. The topological polar surface area (TPSA) is 50.9 Å². The minimum Gasteiger partial charge on any atom is -0.507 e. The molecular formula is C61H59N3O. The molecule has 0 aliphatic carbocycles. The Bertz CT molecular complexity index is 3990. The third kappa shape index (κ3) is 8.66. The van der Waals surface area contributed by atoms with Gasteiger partial charge in [0.25, 0.3) is 0 Å². The molecule has 65 heavy (non-hydrogen) atoms. The van der Waals surface area contributed by atoms with Crippen LogP contribution < -0.4 is 0 Å². The SMILES string of the molecule is [2H]c1nc(-c2cc(-c3ccccc3)cc(-c3cccc4c3nc(-c3ccccc3O)n4-c3ccc(-c4cc(C(C)(C)C)cc(C(C)(C)C)c4)cc3C([2H])([2H])[2H])c2)c([2H])c(-c2c([2H])c([2H])c(C(C([2H])([2H])[2H])(C([2H])([2H])[2H])C([2H])([2H])[2H])c([2H])c2[2H])c1[2H]. The van der Waals surface area contributed by atoms with Gasteiger partial charge in [0.05, 0.1) is 37.6 Å². The molecule has 9 rings (SSSR count). The number of phenolic OH excluding ortho intramolecular Hbond substituents is 1. The van der Waals surface area contributed by atoms with Crippen molar-refractivity contribution in [2.75, 3.05) is 0 Å². The number of aromatic nitrogens is 3. The zero-order chi connectivity index (χ0) is 61.9. The summed E-state index contributed by atoms with van der Waals surface area (Å²) in [5.74, 6) is 0.0589. The van der Waals surface area contributed by atoms with Crippen molar-refractivity contribution in [2.45, 2.75) is 85.2 Å². The van der Waals surface area contributed by atoms with Crippen molar-refractivity contribution >= 4 is 11.0 Å². The van der Waals surface area contributed by atoms with Gasteiger partial charge >= 0.3 is 0 Å². The summed E-state index contributed by atoms with van der Waals surface area (Å²) in [6, 6.07) is 31.1. The fraction of sp³-hybridized carbons (Fsp3) is 0.213. The van der Waals surface area contributed by atoms with E-state index in [0.717, 1.165) is 16.7 Å². The molecule has 0 saturated heterocycles. The normalized spacial score (nSPS) is 17.2. The van der Waals surface area contributed by atoms with Crippen LogP contribution in [-0.2, 0) is 16.2 Å². The Hall–Kier alpha value is -7.04. The molecule has 0 fully saturated rings. The van der Waals surface area contributed by atoms with Gasteiger partial charge in [-0.05, 0) is 145 Å². The van der Waals surface area contributed by atoms with E-state index in [-0.39, 0.29) is 50.5 Å². The number of imidazole rings is 1. The summed E-state index contributed by atoms with van der Waals surface area (Å²) in [6.45, 7) is -1.78. The number of nitrogens with zero attached hydrogens (tertiary/aromatic N) is 3. The zero-order valence-corrected chi connectivity index (χ0v) is 36.9. The molecule has 0 aliphatic rings. The third-order valence-electron chi connectivity index (χ3n) is 11.5. The van der Waals surface area contributed by atoms with Gasteiger partial charge in [-0.15, -0.1) is 0 Å². The average molecular weight is 869 g/mol. The molecule has 0 bridgehead atoms. The number of fused-ring (bicyclic) bond motifs is 1. The Morgan fingerprint density at radius 1 is 0.523 bits per heavy atom. The molecule has 0 atom stereocenters. The van der Waals surface area contributed by atoms with Crippen LogP contribution in [0.5, 0.6) is 5.75 Å². The van der Waals surface area contributed by atoms with Crippen LogP contribution in [0.4, 0.5) is 0 Å². The van der Waals surface area contributed by atoms with Gasteiger partial charge in [-0.3, -0.25) is 9.55 Å². The first-order chi connectivity index (χ1) is 38.8. The van der Waals surface area contributed by atoms with E-state index in [1.54, 1.807) is 77.4 Å². The molecular weight excluding hydrogens is 791 g/mol. The molecule has 0 aliphatic heterocycles. The van der Waals surface area contributed by atoms with E-state index < -0.39 is 91.9 Å². The predicted octanol–water partition coefficient (Wildman–Crippen LogP) is 16.3. The van der Waals surface area contributed by atoms with Crippen molar-refractivity contribution in [3.05, 3.63) is 192 Å². The fourth-order valence-electron chi connectivity index (χ4n) is 7.91. The fourth-order valence-corrected chi connectivity index (χ4v) is 7.91. The van der Waals surface area contributed by atoms with E-state index in [1.807, 2.05) is 30.3 Å². The highest BCUT2D eigenvalue weighted by Gasteiger charge is 2.24. The minimum atomic E-state index is -3.95. The van der Waals surface area contributed by atoms with Crippen molar-refractivity contribution in [1.82, 2.24) is 14.5 Å². The first-order valence-electron chi connectivity index (χ1n) is 30.7. The smallest absolute Gasteiger partial charge is 0.149 e. The van der Waals surface area contributed by atoms with Crippen molar-refractivity contribution < 1.29 is 31.2 Å². The summed E-state index contributed by atoms with van der Waals surface area (Å²) >= 11 is 0. The van der Waals surface area contributed by atoms with Gasteiger partial charge in [-0.1, -0.05) is 165 Å². The largest absolute Gasteiger partial charge is 0.507 e. The van der Waals surface area contributed by atoms with Gasteiger partial charge in [0.2, 0.25) is 0 Å². The van der Waals surface area contributed by atoms with Crippen molar-refractivity contribution in [1.29, 1.82) is 0 Å². The average Bonchev–Trinajstić information content (AvgIpc) is 0.802. The Labute approximate surface area is 412 Å². The molecule has 7 aromatic carbocycles. The molecule has 4 heteroatoms. The first-order valence-corrected chi connectivity index (χ1v) is 21.2. The van der Waals surface area contributed by atoms with E-state index in [9.17, 15) is 9.22 Å². The maximum absolute atomic E-state index is 11.5. The Morgan fingerprint density at radius 2 is 1.18 bits per heavy atom. The van der Waals surface area contributed by atoms with Crippen LogP contribution in [-0.4, -0.2) is 19.6 Å². The maximum Gasteiger partial charge on any atom is 0.149 e. The second-order valence-electron chi connectivity index (χ2n) is 18.4. The third-order valence-corrected chi connectivity index (χ3v) is 11.5. The van der Waals surface area contributed by atoms with Crippen LogP contribution in [0.15, 0.2) is 170 Å². The molecule has 0 saturated carbocycles. The molecule has 0 spiro atoms. The lowest BCUT2D eigenvalue weighted by Crippen LogP contribution is -2.16. The molecule has 1 N–H and O–H groups in total. The monoisotopic (exact) mass is 869 g/mol. The zero-order valence-electron chi connectivity index (χ0n) is 55.9. The van der Waals surface area contributed by atoms with Crippen LogP contribution in [0.25, 0.3) is 83.9 Å². The van der Waals surface area contributed by atoms with E-state index >= 15 is 0 Å². The molecule has 2 aromatic heterocycles. The highest BCUT2D eigenvalue weighted by Crippen LogP contribution is 2.42. The first kappa shape index (κ1) is 26.1. The number of aryl methyl sites for hydroxylation is 1. The summed E-state index contributed by atoms with van der Waals surface area (Å²) in [7, 11) is 0. The summed E-state index contributed by atoms with van der Waals surface area (Å²) < 4.78 is 167. The second-order valence-corrected chi connectivity index (χ2v) is 18.4. The Morgan fingerprint density at radius 3 is 1.88 bits per heavy atom. The van der Waals surface area contributed by atoms with Crippen molar-refractivity contribution in [2.24, 2.45) is 0 Å². The van der Waals surface area contributed by atoms with Gasteiger partial charge in [-0.25, -0.2) is 4.98 Å².